The van der Waals surface area contributed by atoms with Crippen LogP contribution >= 0.6 is 0 Å². The molecule has 4 heterocycles. The Morgan fingerprint density at radius 2 is 1.82 bits per heavy atom. The van der Waals surface area contributed by atoms with Crippen LogP contribution < -0.4 is 5.32 Å². The third-order valence-electron chi connectivity index (χ3n) is 5.48. The van der Waals surface area contributed by atoms with E-state index < -0.39 is 0 Å². The number of rotatable bonds is 5. The fourth-order valence-electron chi connectivity index (χ4n) is 3.88. The SMILES string of the molecule is O=C(Cc1ccccc1C(=O)N1CCn2c(nnc2-c2ccccn2)C1)Nc1cccnc1. The summed E-state index contributed by atoms with van der Waals surface area (Å²) in [5.74, 6) is 1.07. The summed E-state index contributed by atoms with van der Waals surface area (Å²) in [5.41, 5.74) is 2.55. The molecule has 1 aliphatic rings. The molecule has 2 amide bonds. The van der Waals surface area contributed by atoms with Crippen LogP contribution in [0.3, 0.4) is 0 Å². The number of aromatic nitrogens is 5. The van der Waals surface area contributed by atoms with Crippen LogP contribution in [0.5, 0.6) is 0 Å². The average Bonchev–Trinajstić information content (AvgIpc) is 3.28. The number of carbonyl (C=O) groups is 2. The molecule has 3 aromatic heterocycles. The summed E-state index contributed by atoms with van der Waals surface area (Å²) in [6.07, 6.45) is 5.03. The van der Waals surface area contributed by atoms with Crippen molar-refractivity contribution in [1.82, 2.24) is 29.6 Å². The van der Waals surface area contributed by atoms with E-state index in [1.807, 2.05) is 34.9 Å². The van der Waals surface area contributed by atoms with Gasteiger partial charge < -0.3 is 14.8 Å². The van der Waals surface area contributed by atoms with Gasteiger partial charge in [0.05, 0.1) is 24.8 Å². The normalized spacial score (nSPS) is 12.8. The zero-order valence-corrected chi connectivity index (χ0v) is 17.8. The van der Waals surface area contributed by atoms with Crippen LogP contribution in [0.2, 0.25) is 0 Å². The summed E-state index contributed by atoms with van der Waals surface area (Å²) in [4.78, 5) is 36.0. The summed E-state index contributed by atoms with van der Waals surface area (Å²) in [6, 6.07) is 16.4. The molecule has 1 N–H and O–H groups in total. The molecule has 0 fully saturated rings. The smallest absolute Gasteiger partial charge is 0.254 e. The van der Waals surface area contributed by atoms with E-state index in [9.17, 15) is 9.59 Å². The Hall–Kier alpha value is -4.40. The lowest BCUT2D eigenvalue weighted by Crippen LogP contribution is -2.39. The number of nitrogens with one attached hydrogen (secondary N) is 1. The quantitative estimate of drug-likeness (QED) is 0.512. The molecule has 0 aliphatic carbocycles. The third kappa shape index (κ3) is 4.33. The summed E-state index contributed by atoms with van der Waals surface area (Å²) in [7, 11) is 0. The number of carbonyl (C=O) groups excluding carboxylic acids is 2. The first-order chi connectivity index (χ1) is 16.2. The van der Waals surface area contributed by atoms with Gasteiger partial charge in [-0.05, 0) is 35.9 Å². The van der Waals surface area contributed by atoms with Gasteiger partial charge in [-0.2, -0.15) is 0 Å². The Bertz CT molecular complexity index is 1290. The predicted molar refractivity (Wildman–Crippen MR) is 121 cm³/mol. The van der Waals surface area contributed by atoms with Crippen LogP contribution in [-0.4, -0.2) is 48.0 Å². The van der Waals surface area contributed by atoms with E-state index in [1.165, 1.54) is 0 Å². The van der Waals surface area contributed by atoms with Crippen molar-refractivity contribution in [2.24, 2.45) is 0 Å². The third-order valence-corrected chi connectivity index (χ3v) is 5.48. The van der Waals surface area contributed by atoms with E-state index in [0.717, 1.165) is 5.69 Å². The molecule has 1 aromatic carbocycles. The van der Waals surface area contributed by atoms with Gasteiger partial charge in [-0.25, -0.2) is 0 Å². The van der Waals surface area contributed by atoms with Gasteiger partial charge in [0.2, 0.25) is 5.91 Å². The molecule has 0 saturated carbocycles. The van der Waals surface area contributed by atoms with Gasteiger partial charge in [-0.3, -0.25) is 19.6 Å². The highest BCUT2D eigenvalue weighted by molar-refractivity contribution is 5.99. The maximum atomic E-state index is 13.4. The molecule has 0 atom stereocenters. The highest BCUT2D eigenvalue weighted by Crippen LogP contribution is 2.22. The van der Waals surface area contributed by atoms with E-state index in [1.54, 1.807) is 47.8 Å². The van der Waals surface area contributed by atoms with Crippen LogP contribution in [0.1, 0.15) is 21.7 Å². The van der Waals surface area contributed by atoms with E-state index in [-0.39, 0.29) is 18.2 Å². The highest BCUT2D eigenvalue weighted by Gasteiger charge is 2.27. The lowest BCUT2D eigenvalue weighted by molar-refractivity contribution is -0.115. The van der Waals surface area contributed by atoms with E-state index in [2.05, 4.69) is 25.5 Å². The highest BCUT2D eigenvalue weighted by atomic mass is 16.2. The Morgan fingerprint density at radius 3 is 2.64 bits per heavy atom. The summed E-state index contributed by atoms with van der Waals surface area (Å²) >= 11 is 0. The minimum atomic E-state index is -0.207. The molecule has 0 radical (unpaired) electrons. The monoisotopic (exact) mass is 439 g/mol. The molecule has 9 nitrogen and oxygen atoms in total. The second-order valence-corrected chi connectivity index (χ2v) is 7.66. The van der Waals surface area contributed by atoms with Gasteiger partial charge in [0.1, 0.15) is 5.69 Å². The molecule has 5 rings (SSSR count). The number of hydrogen-bond acceptors (Lipinski definition) is 6. The van der Waals surface area contributed by atoms with Gasteiger partial charge >= 0.3 is 0 Å². The Balaban J connectivity index is 1.32. The largest absolute Gasteiger partial charge is 0.329 e. The standard InChI is InChI=1S/C24H21N7O2/c32-22(27-18-7-5-10-25-15-18)14-17-6-1-2-8-19(17)24(33)30-12-13-31-21(16-30)28-29-23(31)20-9-3-4-11-26-20/h1-11,15H,12-14,16H2,(H,27,32). The minimum Gasteiger partial charge on any atom is -0.329 e. The van der Waals surface area contributed by atoms with E-state index in [0.29, 0.717) is 48.1 Å². The van der Waals surface area contributed by atoms with Gasteiger partial charge in [0.25, 0.3) is 5.91 Å². The lowest BCUT2D eigenvalue weighted by atomic mass is 10.0. The van der Waals surface area contributed by atoms with Crippen molar-refractivity contribution in [1.29, 1.82) is 0 Å². The number of anilines is 1. The zero-order valence-electron chi connectivity index (χ0n) is 17.8. The second kappa shape index (κ2) is 8.99. The first kappa shape index (κ1) is 20.5. The number of hydrogen-bond donors (Lipinski definition) is 1. The summed E-state index contributed by atoms with van der Waals surface area (Å²) < 4.78 is 2.00. The van der Waals surface area contributed by atoms with E-state index >= 15 is 0 Å². The molecular formula is C24H21N7O2. The average molecular weight is 439 g/mol. The molecule has 0 saturated heterocycles. The Morgan fingerprint density at radius 1 is 0.939 bits per heavy atom. The van der Waals surface area contributed by atoms with Crippen molar-refractivity contribution in [3.05, 3.63) is 90.1 Å². The van der Waals surface area contributed by atoms with Crippen molar-refractivity contribution in [2.45, 2.75) is 19.5 Å². The Labute approximate surface area is 190 Å². The fourth-order valence-corrected chi connectivity index (χ4v) is 3.88. The molecular weight excluding hydrogens is 418 g/mol. The van der Waals surface area contributed by atoms with Gasteiger partial charge in [0.15, 0.2) is 11.6 Å². The van der Waals surface area contributed by atoms with Gasteiger partial charge in [-0.15, -0.1) is 10.2 Å². The minimum absolute atomic E-state index is 0.0880. The molecule has 33 heavy (non-hydrogen) atoms. The van der Waals surface area contributed by atoms with Crippen molar-refractivity contribution in [3.8, 4) is 11.5 Å². The topological polar surface area (TPSA) is 106 Å². The fraction of sp³-hybridized carbons (Fsp3) is 0.167. The van der Waals surface area contributed by atoms with Gasteiger partial charge in [0, 0.05) is 31.0 Å². The molecule has 1 aliphatic heterocycles. The Kier molecular flexibility index (Phi) is 5.59. The molecule has 9 heteroatoms. The van der Waals surface area contributed by atoms with Crippen LogP contribution in [0.4, 0.5) is 5.69 Å². The second-order valence-electron chi connectivity index (χ2n) is 7.66. The van der Waals surface area contributed by atoms with Crippen molar-refractivity contribution in [3.63, 3.8) is 0 Å². The maximum Gasteiger partial charge on any atom is 0.254 e. The number of amides is 2. The summed E-state index contributed by atoms with van der Waals surface area (Å²) in [6.45, 7) is 1.43. The van der Waals surface area contributed by atoms with Gasteiger partial charge in [-0.1, -0.05) is 24.3 Å². The summed E-state index contributed by atoms with van der Waals surface area (Å²) in [5, 5.41) is 11.4. The van der Waals surface area contributed by atoms with E-state index in [4.69, 9.17) is 0 Å². The van der Waals surface area contributed by atoms with Crippen LogP contribution in [-0.2, 0) is 24.3 Å². The van der Waals surface area contributed by atoms with Crippen LogP contribution in [0, 0.1) is 0 Å². The zero-order chi connectivity index (χ0) is 22.6. The molecule has 164 valence electrons. The number of benzene rings is 1. The molecule has 0 bridgehead atoms. The predicted octanol–water partition coefficient (Wildman–Crippen LogP) is 2.57. The van der Waals surface area contributed by atoms with Crippen molar-refractivity contribution in [2.75, 3.05) is 11.9 Å². The van der Waals surface area contributed by atoms with Crippen LogP contribution in [0.25, 0.3) is 11.5 Å². The molecule has 4 aromatic rings. The van der Waals surface area contributed by atoms with Crippen molar-refractivity contribution < 1.29 is 9.59 Å². The lowest BCUT2D eigenvalue weighted by Gasteiger charge is -2.28. The maximum absolute atomic E-state index is 13.4. The van der Waals surface area contributed by atoms with Crippen molar-refractivity contribution >= 4 is 17.5 Å². The first-order valence-electron chi connectivity index (χ1n) is 10.6. The molecule has 0 spiro atoms. The first-order valence-corrected chi connectivity index (χ1v) is 10.6. The molecule has 0 unspecified atom stereocenters. The van der Waals surface area contributed by atoms with Crippen LogP contribution in [0.15, 0.2) is 73.2 Å². The number of nitrogens with zero attached hydrogens (tertiary/aromatic N) is 6. The number of fused-ring (bicyclic) bond motifs is 1. The number of pyridine rings is 2.